The van der Waals surface area contributed by atoms with Gasteiger partial charge in [0.1, 0.15) is 0 Å². The van der Waals surface area contributed by atoms with Crippen molar-refractivity contribution in [1.29, 1.82) is 0 Å². The van der Waals surface area contributed by atoms with Gasteiger partial charge in [-0.15, -0.1) is 0 Å². The number of nitrogens with zero attached hydrogens (tertiary/aromatic N) is 4. The molecule has 0 atom stereocenters. The summed E-state index contributed by atoms with van der Waals surface area (Å²) in [6, 6.07) is 11.9. The van der Waals surface area contributed by atoms with Crippen molar-refractivity contribution in [3.63, 3.8) is 0 Å². The smallest absolute Gasteiger partial charge is 0.0896 e. The summed E-state index contributed by atoms with van der Waals surface area (Å²) < 4.78 is 0. The molecule has 6 heteroatoms. The van der Waals surface area contributed by atoms with E-state index in [1.165, 1.54) is 0 Å². The van der Waals surface area contributed by atoms with E-state index in [9.17, 15) is 0 Å². The van der Waals surface area contributed by atoms with E-state index in [0.717, 1.165) is 64.3 Å². The summed E-state index contributed by atoms with van der Waals surface area (Å²) in [4.78, 5) is 18.3. The molecule has 4 rings (SSSR count). The first kappa shape index (κ1) is 17.3. The number of hydrogen-bond donors (Lipinski definition) is 2. The number of pyridine rings is 1. The highest BCUT2D eigenvalue weighted by molar-refractivity contribution is 6.30. The molecule has 4 N–H and O–H groups in total. The third kappa shape index (κ3) is 3.44. The third-order valence-electron chi connectivity index (χ3n) is 4.69. The van der Waals surface area contributed by atoms with E-state index in [4.69, 9.17) is 16.5 Å². The second kappa shape index (κ2) is 7.25. The number of hydrogen-bond acceptors (Lipinski definition) is 6. The molecule has 6 nitrogen and oxygen atoms in total. The standard InChI is InChI=1S/C21H22N6/c1-13-4-2-5-18(26-13)21(23)20(17-6-3-9-24-17)14-7-8-16-19(10-14)27-15(11-22)12-25-16/h2,4-5,7-8,10,12H,3,6,9,11,22-23H2,1H3/b21-20-. The Kier molecular flexibility index (Phi) is 4.64. The van der Waals surface area contributed by atoms with Crippen molar-refractivity contribution in [3.8, 4) is 0 Å². The van der Waals surface area contributed by atoms with Crippen LogP contribution in [0.5, 0.6) is 0 Å². The lowest BCUT2D eigenvalue weighted by atomic mass is 9.95. The maximum atomic E-state index is 6.60. The van der Waals surface area contributed by atoms with Crippen LogP contribution in [-0.2, 0) is 6.54 Å². The Bertz CT molecular complexity index is 1070. The maximum absolute atomic E-state index is 6.60. The monoisotopic (exact) mass is 358 g/mol. The summed E-state index contributed by atoms with van der Waals surface area (Å²) >= 11 is 0. The summed E-state index contributed by atoms with van der Waals surface area (Å²) in [6.45, 7) is 3.15. The van der Waals surface area contributed by atoms with E-state index < -0.39 is 0 Å². The second-order valence-electron chi connectivity index (χ2n) is 6.65. The van der Waals surface area contributed by atoms with Crippen LogP contribution in [0.25, 0.3) is 22.3 Å². The molecule has 27 heavy (non-hydrogen) atoms. The van der Waals surface area contributed by atoms with Gasteiger partial charge in [-0.1, -0.05) is 12.1 Å². The molecule has 0 aliphatic carbocycles. The Labute approximate surface area is 158 Å². The molecule has 1 aliphatic rings. The van der Waals surface area contributed by atoms with Crippen LogP contribution in [-0.4, -0.2) is 27.2 Å². The minimum atomic E-state index is 0.359. The molecule has 0 radical (unpaired) electrons. The number of rotatable bonds is 4. The molecule has 0 spiro atoms. The van der Waals surface area contributed by atoms with Crippen LogP contribution >= 0.6 is 0 Å². The Morgan fingerprint density at radius 2 is 2.00 bits per heavy atom. The normalized spacial score (nSPS) is 15.0. The number of aromatic nitrogens is 3. The van der Waals surface area contributed by atoms with Crippen LogP contribution in [0.4, 0.5) is 0 Å². The average Bonchev–Trinajstić information content (AvgIpc) is 3.21. The number of fused-ring (bicyclic) bond motifs is 1. The summed E-state index contributed by atoms with van der Waals surface area (Å²) in [7, 11) is 0. The molecular formula is C21H22N6. The zero-order valence-corrected chi connectivity index (χ0v) is 15.3. The first-order valence-corrected chi connectivity index (χ1v) is 9.09. The lowest BCUT2D eigenvalue weighted by molar-refractivity contribution is 0.951. The van der Waals surface area contributed by atoms with E-state index in [-0.39, 0.29) is 0 Å². The van der Waals surface area contributed by atoms with Crippen molar-refractivity contribution in [1.82, 2.24) is 15.0 Å². The number of nitrogens with two attached hydrogens (primary N) is 2. The van der Waals surface area contributed by atoms with Crippen LogP contribution in [0, 0.1) is 6.92 Å². The van der Waals surface area contributed by atoms with Gasteiger partial charge in [-0.05, 0) is 49.6 Å². The van der Waals surface area contributed by atoms with Crippen LogP contribution in [0.2, 0.25) is 0 Å². The molecule has 0 saturated carbocycles. The fraction of sp³-hybridized carbons (Fsp3) is 0.238. The minimum Gasteiger partial charge on any atom is -0.396 e. The fourth-order valence-electron chi connectivity index (χ4n) is 3.35. The van der Waals surface area contributed by atoms with E-state index in [1.54, 1.807) is 6.20 Å². The molecule has 3 heterocycles. The van der Waals surface area contributed by atoms with Gasteiger partial charge in [0.05, 0.1) is 34.3 Å². The summed E-state index contributed by atoms with van der Waals surface area (Å²) in [5, 5.41) is 0. The molecule has 136 valence electrons. The molecular weight excluding hydrogens is 336 g/mol. The number of aryl methyl sites for hydroxylation is 1. The molecule has 1 aliphatic heterocycles. The van der Waals surface area contributed by atoms with Crippen molar-refractivity contribution < 1.29 is 0 Å². The van der Waals surface area contributed by atoms with Crippen LogP contribution in [0.15, 0.2) is 47.6 Å². The topological polar surface area (TPSA) is 103 Å². The van der Waals surface area contributed by atoms with Crippen molar-refractivity contribution in [2.24, 2.45) is 16.5 Å². The summed E-state index contributed by atoms with van der Waals surface area (Å²) in [6.07, 6.45) is 3.66. The van der Waals surface area contributed by atoms with Gasteiger partial charge >= 0.3 is 0 Å². The van der Waals surface area contributed by atoms with Gasteiger partial charge in [0.25, 0.3) is 0 Å². The van der Waals surface area contributed by atoms with Crippen molar-refractivity contribution in [3.05, 3.63) is 65.2 Å². The lowest BCUT2D eigenvalue weighted by Gasteiger charge is -2.14. The molecule has 3 aromatic rings. The van der Waals surface area contributed by atoms with Gasteiger partial charge in [0.2, 0.25) is 0 Å². The number of allylic oxidation sites excluding steroid dienone is 1. The largest absolute Gasteiger partial charge is 0.396 e. The zero-order valence-electron chi connectivity index (χ0n) is 15.3. The SMILES string of the molecule is Cc1cccc(/C(N)=C(/C2=NCCC2)c2ccc3ncc(CN)nc3c2)n1. The van der Waals surface area contributed by atoms with Gasteiger partial charge in [-0.25, -0.2) is 4.98 Å². The maximum Gasteiger partial charge on any atom is 0.0896 e. The van der Waals surface area contributed by atoms with E-state index >= 15 is 0 Å². The Morgan fingerprint density at radius 1 is 1.11 bits per heavy atom. The van der Waals surface area contributed by atoms with Crippen LogP contribution < -0.4 is 11.5 Å². The molecule has 0 bridgehead atoms. The predicted molar refractivity (Wildman–Crippen MR) is 109 cm³/mol. The second-order valence-corrected chi connectivity index (χ2v) is 6.65. The van der Waals surface area contributed by atoms with E-state index in [0.29, 0.717) is 12.2 Å². The molecule has 0 saturated heterocycles. The molecule has 1 aromatic carbocycles. The van der Waals surface area contributed by atoms with E-state index in [2.05, 4.69) is 15.0 Å². The number of benzene rings is 1. The Balaban J connectivity index is 1.91. The molecule has 0 amide bonds. The third-order valence-corrected chi connectivity index (χ3v) is 4.69. The zero-order chi connectivity index (χ0) is 18.8. The quantitative estimate of drug-likeness (QED) is 0.746. The summed E-state index contributed by atoms with van der Waals surface area (Å²) in [5.41, 5.74) is 20.0. The van der Waals surface area contributed by atoms with Gasteiger partial charge in [0, 0.05) is 30.1 Å². The number of aliphatic imine (C=N–C) groups is 1. The lowest BCUT2D eigenvalue weighted by Crippen LogP contribution is -2.10. The van der Waals surface area contributed by atoms with Gasteiger partial charge in [-0.2, -0.15) is 0 Å². The first-order valence-electron chi connectivity index (χ1n) is 9.09. The fourth-order valence-corrected chi connectivity index (χ4v) is 3.35. The molecule has 0 fully saturated rings. The van der Waals surface area contributed by atoms with Gasteiger partial charge in [-0.3, -0.25) is 15.0 Å². The van der Waals surface area contributed by atoms with Crippen LogP contribution in [0.1, 0.15) is 35.5 Å². The van der Waals surface area contributed by atoms with Crippen LogP contribution in [0.3, 0.4) is 0 Å². The van der Waals surface area contributed by atoms with Crippen molar-refractivity contribution >= 4 is 28.0 Å². The summed E-state index contributed by atoms with van der Waals surface area (Å²) in [5.74, 6) is 0. The highest BCUT2D eigenvalue weighted by atomic mass is 14.8. The first-order chi connectivity index (χ1) is 13.2. The highest BCUT2D eigenvalue weighted by Crippen LogP contribution is 2.29. The minimum absolute atomic E-state index is 0.359. The van der Waals surface area contributed by atoms with E-state index in [1.807, 2.05) is 43.3 Å². The highest BCUT2D eigenvalue weighted by Gasteiger charge is 2.19. The van der Waals surface area contributed by atoms with Crippen molar-refractivity contribution in [2.45, 2.75) is 26.3 Å². The van der Waals surface area contributed by atoms with Gasteiger partial charge < -0.3 is 11.5 Å². The molecule has 2 aromatic heterocycles. The Hall–Kier alpha value is -3.12. The predicted octanol–water partition coefficient (Wildman–Crippen LogP) is 2.85. The Morgan fingerprint density at radius 3 is 2.74 bits per heavy atom. The average molecular weight is 358 g/mol. The van der Waals surface area contributed by atoms with Gasteiger partial charge in [0.15, 0.2) is 0 Å². The molecule has 0 unspecified atom stereocenters. The van der Waals surface area contributed by atoms with Crippen molar-refractivity contribution in [2.75, 3.05) is 6.54 Å².